The van der Waals surface area contributed by atoms with Gasteiger partial charge >= 0.3 is 0 Å². The molecule has 3 nitrogen and oxygen atoms in total. The molecular formula is C12H24N2O. The van der Waals surface area contributed by atoms with Crippen LogP contribution >= 0.6 is 0 Å². The van der Waals surface area contributed by atoms with E-state index in [-0.39, 0.29) is 11.9 Å². The van der Waals surface area contributed by atoms with Crippen LogP contribution in [0.5, 0.6) is 0 Å². The van der Waals surface area contributed by atoms with Gasteiger partial charge < -0.3 is 10.6 Å². The van der Waals surface area contributed by atoms with Crippen LogP contribution < -0.4 is 10.6 Å². The average Bonchev–Trinajstić information content (AvgIpc) is 2.15. The van der Waals surface area contributed by atoms with E-state index in [1.807, 2.05) is 6.92 Å². The second kappa shape index (κ2) is 7.46. The molecule has 15 heavy (non-hydrogen) atoms. The van der Waals surface area contributed by atoms with Crippen molar-refractivity contribution < 1.29 is 4.79 Å². The van der Waals surface area contributed by atoms with Gasteiger partial charge in [-0.3, -0.25) is 4.79 Å². The number of carbonyl (C=O) groups is 1. The van der Waals surface area contributed by atoms with E-state index >= 15 is 0 Å². The Morgan fingerprint density at radius 3 is 2.40 bits per heavy atom. The Balaban J connectivity index is 3.78. The van der Waals surface area contributed by atoms with Crippen LogP contribution in [0.3, 0.4) is 0 Å². The fourth-order valence-electron chi connectivity index (χ4n) is 1.42. The molecule has 0 aliphatic rings. The molecule has 0 radical (unpaired) electrons. The highest BCUT2D eigenvalue weighted by Crippen LogP contribution is 2.02. The largest absolute Gasteiger partial charge is 0.358 e. The molecule has 3 heteroatoms. The van der Waals surface area contributed by atoms with Crippen LogP contribution in [-0.4, -0.2) is 25.0 Å². The normalized spacial score (nSPS) is 14.2. The van der Waals surface area contributed by atoms with Crippen molar-refractivity contribution in [2.75, 3.05) is 7.05 Å². The summed E-state index contributed by atoms with van der Waals surface area (Å²) in [6.07, 6.45) is 4.35. The van der Waals surface area contributed by atoms with Crippen LogP contribution in [0.25, 0.3) is 0 Å². The van der Waals surface area contributed by atoms with Gasteiger partial charge in [-0.2, -0.15) is 0 Å². The lowest BCUT2D eigenvalue weighted by Crippen LogP contribution is -2.44. The molecule has 0 rings (SSSR count). The SMILES string of the molecule is CNC(=O)[C@@H](C)NC(C)CCC=C(C)C. The van der Waals surface area contributed by atoms with Gasteiger partial charge in [0.2, 0.25) is 5.91 Å². The molecular weight excluding hydrogens is 188 g/mol. The second-order valence-corrected chi connectivity index (χ2v) is 4.26. The van der Waals surface area contributed by atoms with E-state index in [0.29, 0.717) is 6.04 Å². The van der Waals surface area contributed by atoms with Gasteiger partial charge in [0.25, 0.3) is 0 Å². The van der Waals surface area contributed by atoms with E-state index in [1.54, 1.807) is 7.05 Å². The van der Waals surface area contributed by atoms with E-state index in [2.05, 4.69) is 37.5 Å². The Hall–Kier alpha value is -0.830. The van der Waals surface area contributed by atoms with Gasteiger partial charge in [-0.1, -0.05) is 11.6 Å². The maximum absolute atomic E-state index is 11.2. The lowest BCUT2D eigenvalue weighted by atomic mass is 10.1. The Morgan fingerprint density at radius 1 is 1.33 bits per heavy atom. The zero-order chi connectivity index (χ0) is 11.8. The summed E-state index contributed by atoms with van der Waals surface area (Å²) < 4.78 is 0. The third kappa shape index (κ3) is 7.14. The van der Waals surface area contributed by atoms with Gasteiger partial charge in [-0.15, -0.1) is 0 Å². The fraction of sp³-hybridized carbons (Fsp3) is 0.750. The lowest BCUT2D eigenvalue weighted by molar-refractivity contribution is -0.122. The molecule has 0 saturated heterocycles. The van der Waals surface area contributed by atoms with Crippen molar-refractivity contribution >= 4 is 5.91 Å². The summed E-state index contributed by atoms with van der Waals surface area (Å²) >= 11 is 0. The van der Waals surface area contributed by atoms with Crippen LogP contribution in [0, 0.1) is 0 Å². The summed E-state index contributed by atoms with van der Waals surface area (Å²) in [7, 11) is 1.66. The first kappa shape index (κ1) is 14.2. The monoisotopic (exact) mass is 212 g/mol. The van der Waals surface area contributed by atoms with Gasteiger partial charge in [0.1, 0.15) is 0 Å². The number of likely N-dealkylation sites (N-methyl/N-ethyl adjacent to an activating group) is 1. The molecule has 88 valence electrons. The smallest absolute Gasteiger partial charge is 0.236 e. The first-order valence-corrected chi connectivity index (χ1v) is 5.58. The van der Waals surface area contributed by atoms with E-state index < -0.39 is 0 Å². The first-order chi connectivity index (χ1) is 6.97. The topological polar surface area (TPSA) is 41.1 Å². The predicted molar refractivity (Wildman–Crippen MR) is 64.8 cm³/mol. The summed E-state index contributed by atoms with van der Waals surface area (Å²) in [5.41, 5.74) is 1.35. The van der Waals surface area contributed by atoms with Crippen LogP contribution in [0.15, 0.2) is 11.6 Å². The molecule has 0 spiro atoms. The number of allylic oxidation sites excluding steroid dienone is 2. The Morgan fingerprint density at radius 2 is 1.93 bits per heavy atom. The average molecular weight is 212 g/mol. The lowest BCUT2D eigenvalue weighted by Gasteiger charge is -2.18. The molecule has 1 amide bonds. The van der Waals surface area contributed by atoms with Crippen molar-refractivity contribution in [3.05, 3.63) is 11.6 Å². The zero-order valence-electron chi connectivity index (χ0n) is 10.6. The zero-order valence-corrected chi connectivity index (χ0v) is 10.6. The third-order valence-corrected chi connectivity index (χ3v) is 2.33. The quantitative estimate of drug-likeness (QED) is 0.660. The molecule has 0 fully saturated rings. The molecule has 0 bridgehead atoms. The minimum atomic E-state index is -0.114. The van der Waals surface area contributed by atoms with Gasteiger partial charge in [-0.25, -0.2) is 0 Å². The Bertz CT molecular complexity index is 220. The van der Waals surface area contributed by atoms with Crippen LogP contribution in [-0.2, 0) is 4.79 Å². The number of hydrogen-bond acceptors (Lipinski definition) is 2. The molecule has 0 aromatic heterocycles. The van der Waals surface area contributed by atoms with Crippen molar-refractivity contribution in [1.29, 1.82) is 0 Å². The van der Waals surface area contributed by atoms with Crippen molar-refractivity contribution in [3.63, 3.8) is 0 Å². The van der Waals surface area contributed by atoms with Crippen molar-refractivity contribution in [1.82, 2.24) is 10.6 Å². The number of hydrogen-bond donors (Lipinski definition) is 2. The summed E-state index contributed by atoms with van der Waals surface area (Å²) in [5.74, 6) is 0.0454. The van der Waals surface area contributed by atoms with Gasteiger partial charge in [0.05, 0.1) is 6.04 Å². The maximum Gasteiger partial charge on any atom is 0.236 e. The minimum absolute atomic E-state index is 0.0454. The van der Waals surface area contributed by atoms with E-state index in [4.69, 9.17) is 0 Å². The molecule has 1 unspecified atom stereocenters. The molecule has 2 N–H and O–H groups in total. The van der Waals surface area contributed by atoms with Crippen LogP contribution in [0.2, 0.25) is 0 Å². The number of rotatable bonds is 6. The molecule has 0 aromatic carbocycles. The standard InChI is InChI=1S/C12H24N2O/c1-9(2)7-6-8-10(3)14-11(4)12(15)13-5/h7,10-11,14H,6,8H2,1-5H3,(H,13,15)/t10?,11-/m1/s1. The Labute approximate surface area is 93.3 Å². The first-order valence-electron chi connectivity index (χ1n) is 5.58. The minimum Gasteiger partial charge on any atom is -0.358 e. The molecule has 0 aliphatic carbocycles. The van der Waals surface area contributed by atoms with E-state index in [0.717, 1.165) is 12.8 Å². The summed E-state index contributed by atoms with van der Waals surface area (Å²) in [4.78, 5) is 11.2. The summed E-state index contributed by atoms with van der Waals surface area (Å²) in [6.45, 7) is 8.20. The number of nitrogens with one attached hydrogen (secondary N) is 2. The molecule has 0 heterocycles. The van der Waals surface area contributed by atoms with Gasteiger partial charge in [0, 0.05) is 13.1 Å². The highest BCUT2D eigenvalue weighted by Gasteiger charge is 2.12. The second-order valence-electron chi connectivity index (χ2n) is 4.26. The molecule has 2 atom stereocenters. The van der Waals surface area contributed by atoms with Crippen LogP contribution in [0.4, 0.5) is 0 Å². The molecule has 0 saturated carbocycles. The van der Waals surface area contributed by atoms with Gasteiger partial charge in [-0.05, 0) is 40.5 Å². The maximum atomic E-state index is 11.2. The number of amides is 1. The van der Waals surface area contributed by atoms with Crippen molar-refractivity contribution in [3.8, 4) is 0 Å². The molecule has 0 aromatic rings. The highest BCUT2D eigenvalue weighted by atomic mass is 16.2. The van der Waals surface area contributed by atoms with Gasteiger partial charge in [0.15, 0.2) is 0 Å². The summed E-state index contributed by atoms with van der Waals surface area (Å²) in [6, 6.07) is 0.254. The van der Waals surface area contributed by atoms with E-state index in [1.165, 1.54) is 5.57 Å². The predicted octanol–water partition coefficient (Wildman–Crippen LogP) is 1.85. The van der Waals surface area contributed by atoms with E-state index in [9.17, 15) is 4.79 Å². The van der Waals surface area contributed by atoms with Crippen LogP contribution in [0.1, 0.15) is 40.5 Å². The van der Waals surface area contributed by atoms with Crippen molar-refractivity contribution in [2.45, 2.75) is 52.6 Å². The Kier molecular flexibility index (Phi) is 7.05. The summed E-state index contributed by atoms with van der Waals surface area (Å²) in [5, 5.41) is 5.89. The van der Waals surface area contributed by atoms with Crippen molar-refractivity contribution in [2.24, 2.45) is 0 Å². The fourth-order valence-corrected chi connectivity index (χ4v) is 1.42. The highest BCUT2D eigenvalue weighted by molar-refractivity contribution is 5.80. The number of carbonyl (C=O) groups excluding carboxylic acids is 1. The molecule has 0 aliphatic heterocycles. The third-order valence-electron chi connectivity index (χ3n) is 2.33.